The van der Waals surface area contributed by atoms with Crippen LogP contribution in [-0.2, 0) is 9.84 Å². The van der Waals surface area contributed by atoms with E-state index in [1.165, 1.54) is 0 Å². The molecule has 1 fully saturated rings. The molecule has 0 aliphatic carbocycles. The molecule has 0 aromatic carbocycles. The first-order valence-corrected chi connectivity index (χ1v) is 7.17. The summed E-state index contributed by atoms with van der Waals surface area (Å²) in [6, 6.07) is -0.0533. The molecule has 7 heteroatoms. The molecule has 1 aliphatic rings. The van der Waals surface area contributed by atoms with Crippen LogP contribution in [0.15, 0.2) is 17.6 Å². The van der Waals surface area contributed by atoms with E-state index < -0.39 is 15.7 Å². The van der Waals surface area contributed by atoms with Gasteiger partial charge < -0.3 is 5.32 Å². The molecule has 0 radical (unpaired) electrons. The largest absolute Gasteiger partial charge is 0.313 e. The molecule has 0 spiro atoms. The predicted molar refractivity (Wildman–Crippen MR) is 59.7 cm³/mol. The molecule has 0 bridgehead atoms. The molecule has 1 aromatic heterocycles. The van der Waals surface area contributed by atoms with Crippen molar-refractivity contribution in [3.05, 3.63) is 18.2 Å². The van der Waals surface area contributed by atoms with Gasteiger partial charge in [0.1, 0.15) is 0 Å². The minimum atomic E-state index is -3.53. The summed E-state index contributed by atoms with van der Waals surface area (Å²) in [5.41, 5.74) is 0. The molecule has 2 heterocycles. The number of nitrogens with zero attached hydrogens (tertiary/aromatic N) is 2. The molecule has 2 rings (SSSR count). The topological polar surface area (TPSA) is 72.0 Å². The van der Waals surface area contributed by atoms with E-state index in [1.807, 2.05) is 0 Å². The molecular weight excluding hydrogens is 245 g/mol. The molecule has 1 N–H and O–H groups in total. The minimum absolute atomic E-state index is 0.0291. The van der Waals surface area contributed by atoms with Crippen LogP contribution < -0.4 is 5.32 Å². The van der Waals surface area contributed by atoms with Crippen molar-refractivity contribution in [3.8, 4) is 0 Å². The Hall–Kier alpha value is -1.08. The Morgan fingerprint density at radius 1 is 1.35 bits per heavy atom. The van der Waals surface area contributed by atoms with Crippen LogP contribution in [0.25, 0.3) is 0 Å². The van der Waals surface area contributed by atoms with Crippen LogP contribution in [0, 0.1) is 5.82 Å². The number of hydrogen-bond donors (Lipinski definition) is 1. The Bertz CT molecular complexity index is 469. The average Bonchev–Trinajstić information content (AvgIpc) is 2.30. The summed E-state index contributed by atoms with van der Waals surface area (Å²) < 4.78 is 36.4. The van der Waals surface area contributed by atoms with Gasteiger partial charge in [0.2, 0.25) is 15.0 Å². The first kappa shape index (κ1) is 12.4. The SMILES string of the molecule is O=S(=O)(C[C@@H]1CCCCN1)c1ncc(F)cn1. The second kappa shape index (κ2) is 5.05. The highest BCUT2D eigenvalue weighted by molar-refractivity contribution is 7.91. The molecular formula is C10H14FN3O2S. The Morgan fingerprint density at radius 3 is 2.65 bits per heavy atom. The number of rotatable bonds is 3. The predicted octanol–water partition coefficient (Wildman–Crippen LogP) is 0.531. The van der Waals surface area contributed by atoms with E-state index in [9.17, 15) is 12.8 Å². The number of sulfone groups is 1. The van der Waals surface area contributed by atoms with E-state index in [0.717, 1.165) is 38.2 Å². The van der Waals surface area contributed by atoms with Crippen LogP contribution in [0.4, 0.5) is 4.39 Å². The molecule has 0 saturated carbocycles. The van der Waals surface area contributed by atoms with E-state index >= 15 is 0 Å². The van der Waals surface area contributed by atoms with Crippen LogP contribution in [-0.4, -0.2) is 36.7 Å². The highest BCUT2D eigenvalue weighted by Crippen LogP contribution is 2.12. The second-order valence-corrected chi connectivity index (χ2v) is 6.04. The lowest BCUT2D eigenvalue weighted by Crippen LogP contribution is -2.39. The lowest BCUT2D eigenvalue weighted by Gasteiger charge is -2.22. The van der Waals surface area contributed by atoms with Crippen molar-refractivity contribution >= 4 is 9.84 Å². The monoisotopic (exact) mass is 259 g/mol. The highest BCUT2D eigenvalue weighted by Gasteiger charge is 2.24. The molecule has 1 saturated heterocycles. The number of hydrogen-bond acceptors (Lipinski definition) is 5. The molecule has 94 valence electrons. The van der Waals surface area contributed by atoms with Crippen LogP contribution in [0.1, 0.15) is 19.3 Å². The lowest BCUT2D eigenvalue weighted by atomic mass is 10.1. The van der Waals surface area contributed by atoms with Gasteiger partial charge in [0.25, 0.3) is 0 Å². The van der Waals surface area contributed by atoms with Crippen molar-refractivity contribution in [3.63, 3.8) is 0 Å². The maximum absolute atomic E-state index is 12.6. The Balaban J connectivity index is 2.10. The van der Waals surface area contributed by atoms with Gasteiger partial charge in [-0.25, -0.2) is 22.8 Å². The standard InChI is InChI=1S/C10H14FN3O2S/c11-8-5-13-10(14-6-8)17(15,16)7-9-3-1-2-4-12-9/h5-6,9,12H,1-4,7H2/t9-/m0/s1. The Kier molecular flexibility index (Phi) is 3.68. The zero-order valence-corrected chi connectivity index (χ0v) is 10.1. The zero-order chi connectivity index (χ0) is 12.3. The van der Waals surface area contributed by atoms with Crippen molar-refractivity contribution < 1.29 is 12.8 Å². The summed E-state index contributed by atoms with van der Waals surface area (Å²) in [6.07, 6.45) is 4.67. The molecule has 1 aliphatic heterocycles. The van der Waals surface area contributed by atoms with Crippen molar-refractivity contribution in [2.75, 3.05) is 12.3 Å². The Labute approximate surface area is 99.4 Å². The quantitative estimate of drug-likeness (QED) is 0.802. The highest BCUT2D eigenvalue weighted by atomic mass is 32.2. The molecule has 0 amide bonds. The summed E-state index contributed by atoms with van der Waals surface area (Å²) >= 11 is 0. The average molecular weight is 259 g/mol. The van der Waals surface area contributed by atoms with Gasteiger partial charge in [0.15, 0.2) is 5.82 Å². The summed E-state index contributed by atoms with van der Waals surface area (Å²) in [5, 5.41) is 2.85. The maximum Gasteiger partial charge on any atom is 0.247 e. The van der Waals surface area contributed by atoms with Gasteiger partial charge in [-0.2, -0.15) is 0 Å². The molecule has 0 unspecified atom stereocenters. The van der Waals surface area contributed by atoms with Crippen molar-refractivity contribution in [1.82, 2.24) is 15.3 Å². The van der Waals surface area contributed by atoms with E-state index in [-0.39, 0.29) is 17.0 Å². The van der Waals surface area contributed by atoms with Gasteiger partial charge in [0.05, 0.1) is 18.1 Å². The third kappa shape index (κ3) is 3.19. The van der Waals surface area contributed by atoms with Crippen LogP contribution in [0.3, 0.4) is 0 Å². The van der Waals surface area contributed by atoms with E-state index in [0.29, 0.717) is 0 Å². The number of piperidine rings is 1. The zero-order valence-electron chi connectivity index (χ0n) is 9.26. The summed E-state index contributed by atoms with van der Waals surface area (Å²) in [6.45, 7) is 0.838. The van der Waals surface area contributed by atoms with Gasteiger partial charge in [-0.15, -0.1) is 0 Å². The minimum Gasteiger partial charge on any atom is -0.313 e. The van der Waals surface area contributed by atoms with E-state index in [4.69, 9.17) is 0 Å². The van der Waals surface area contributed by atoms with Gasteiger partial charge in [-0.05, 0) is 19.4 Å². The van der Waals surface area contributed by atoms with Crippen LogP contribution in [0.2, 0.25) is 0 Å². The summed E-state index contributed by atoms with van der Waals surface area (Å²) in [7, 11) is -3.53. The van der Waals surface area contributed by atoms with Gasteiger partial charge in [-0.3, -0.25) is 0 Å². The first-order valence-electron chi connectivity index (χ1n) is 5.51. The second-order valence-electron chi connectivity index (χ2n) is 4.11. The summed E-state index contributed by atoms with van der Waals surface area (Å²) in [4.78, 5) is 7.03. The number of nitrogens with one attached hydrogen (secondary N) is 1. The van der Waals surface area contributed by atoms with E-state index in [2.05, 4.69) is 15.3 Å². The summed E-state index contributed by atoms with van der Waals surface area (Å²) in [5.74, 6) is -0.668. The van der Waals surface area contributed by atoms with Crippen LogP contribution in [0.5, 0.6) is 0 Å². The lowest BCUT2D eigenvalue weighted by molar-refractivity contribution is 0.423. The third-order valence-electron chi connectivity index (χ3n) is 2.71. The fourth-order valence-electron chi connectivity index (χ4n) is 1.87. The number of halogens is 1. The molecule has 17 heavy (non-hydrogen) atoms. The normalized spacial score (nSPS) is 21.4. The van der Waals surface area contributed by atoms with Crippen molar-refractivity contribution in [1.29, 1.82) is 0 Å². The van der Waals surface area contributed by atoms with Crippen molar-refractivity contribution in [2.45, 2.75) is 30.5 Å². The van der Waals surface area contributed by atoms with Crippen molar-refractivity contribution in [2.24, 2.45) is 0 Å². The van der Waals surface area contributed by atoms with E-state index in [1.54, 1.807) is 0 Å². The fourth-order valence-corrected chi connectivity index (χ4v) is 3.26. The number of aromatic nitrogens is 2. The fraction of sp³-hybridized carbons (Fsp3) is 0.600. The van der Waals surface area contributed by atoms with Gasteiger partial charge in [0, 0.05) is 6.04 Å². The first-order chi connectivity index (χ1) is 8.08. The molecule has 1 atom stereocenters. The molecule has 1 aromatic rings. The van der Waals surface area contributed by atoms with Crippen LogP contribution >= 0.6 is 0 Å². The smallest absolute Gasteiger partial charge is 0.247 e. The van der Waals surface area contributed by atoms with Gasteiger partial charge in [-0.1, -0.05) is 6.42 Å². The molecule has 5 nitrogen and oxygen atoms in total. The maximum atomic E-state index is 12.6. The van der Waals surface area contributed by atoms with Gasteiger partial charge >= 0.3 is 0 Å². The third-order valence-corrected chi connectivity index (χ3v) is 4.32. The Morgan fingerprint density at radius 2 is 2.06 bits per heavy atom.